The minimum Gasteiger partial charge on any atom is -0.496 e. The second-order valence-corrected chi connectivity index (χ2v) is 8.49. The molecule has 6 heteroatoms. The van der Waals surface area contributed by atoms with Gasteiger partial charge in [0, 0.05) is 17.5 Å². The van der Waals surface area contributed by atoms with Crippen LogP contribution in [0.3, 0.4) is 0 Å². The number of ether oxygens (including phenoxy) is 1. The molecule has 1 saturated carbocycles. The number of anilines is 1. The molecule has 2 aromatic carbocycles. The highest BCUT2D eigenvalue weighted by atomic mass is 32.1. The summed E-state index contributed by atoms with van der Waals surface area (Å²) in [5.41, 5.74) is 1.14. The molecule has 1 aromatic heterocycles. The highest BCUT2D eigenvalue weighted by Gasteiger charge is 2.43. The molecule has 150 valence electrons. The molecule has 1 aliphatic carbocycles. The number of nitrogens with one attached hydrogen (secondary N) is 1. The number of benzene rings is 2. The summed E-state index contributed by atoms with van der Waals surface area (Å²) >= 11 is 1.46. The molecule has 1 heterocycles. The monoisotopic (exact) mass is 410 g/mol. The van der Waals surface area contributed by atoms with Crippen LogP contribution in [0, 0.1) is 5.82 Å². The normalized spacial score (nSPS) is 15.2. The van der Waals surface area contributed by atoms with E-state index in [4.69, 9.17) is 4.74 Å². The van der Waals surface area contributed by atoms with Gasteiger partial charge in [-0.05, 0) is 42.2 Å². The summed E-state index contributed by atoms with van der Waals surface area (Å²) in [5.74, 6) is 0.427. The van der Waals surface area contributed by atoms with Crippen LogP contribution in [0.15, 0.2) is 54.7 Å². The molecular formula is C23H23FN2O2S. The second kappa shape index (κ2) is 8.33. The number of carbonyl (C=O) groups is 1. The molecule has 0 radical (unpaired) electrons. The van der Waals surface area contributed by atoms with Crippen molar-refractivity contribution in [1.29, 1.82) is 0 Å². The fourth-order valence-electron chi connectivity index (χ4n) is 4.11. The van der Waals surface area contributed by atoms with Crippen molar-refractivity contribution in [1.82, 2.24) is 4.98 Å². The van der Waals surface area contributed by atoms with Crippen molar-refractivity contribution in [2.75, 3.05) is 12.4 Å². The molecule has 4 rings (SSSR count). The molecule has 0 atom stereocenters. The SMILES string of the molecule is COc1ccccc1Cc1cnc(NC(=O)C2(c3cccc(F)c3)CCCC2)s1. The molecule has 1 aliphatic rings. The predicted molar refractivity (Wildman–Crippen MR) is 113 cm³/mol. The number of methoxy groups -OCH3 is 1. The Kier molecular flexibility index (Phi) is 5.62. The number of thiazole rings is 1. The molecule has 0 bridgehead atoms. The van der Waals surface area contributed by atoms with E-state index in [2.05, 4.69) is 10.3 Å². The molecule has 0 spiro atoms. The maximum Gasteiger partial charge on any atom is 0.236 e. The second-order valence-electron chi connectivity index (χ2n) is 7.37. The van der Waals surface area contributed by atoms with Gasteiger partial charge in [0.25, 0.3) is 0 Å². The van der Waals surface area contributed by atoms with Gasteiger partial charge >= 0.3 is 0 Å². The standard InChI is InChI=1S/C23H23FN2O2S/c1-28-20-10-3-2-7-16(20)13-19-15-25-22(29-19)26-21(27)23(11-4-5-12-23)17-8-6-9-18(24)14-17/h2-3,6-10,14-15H,4-5,11-13H2,1H3,(H,25,26,27). The van der Waals surface area contributed by atoms with Crippen LogP contribution in [-0.2, 0) is 16.6 Å². The summed E-state index contributed by atoms with van der Waals surface area (Å²) in [6, 6.07) is 14.3. The average molecular weight is 411 g/mol. The number of rotatable bonds is 6. The number of amides is 1. The van der Waals surface area contributed by atoms with Crippen LogP contribution in [-0.4, -0.2) is 18.0 Å². The molecule has 4 nitrogen and oxygen atoms in total. The maximum atomic E-state index is 13.8. The Hall–Kier alpha value is -2.73. The molecule has 1 fully saturated rings. The summed E-state index contributed by atoms with van der Waals surface area (Å²) < 4.78 is 19.2. The average Bonchev–Trinajstić information content (AvgIpc) is 3.39. The van der Waals surface area contributed by atoms with Crippen LogP contribution >= 0.6 is 11.3 Å². The van der Waals surface area contributed by atoms with Crippen LogP contribution in [0.4, 0.5) is 9.52 Å². The molecule has 29 heavy (non-hydrogen) atoms. The summed E-state index contributed by atoms with van der Waals surface area (Å²) in [5, 5.41) is 3.56. The third kappa shape index (κ3) is 4.03. The lowest BCUT2D eigenvalue weighted by molar-refractivity contribution is -0.121. The van der Waals surface area contributed by atoms with Gasteiger partial charge in [0.05, 0.1) is 12.5 Å². The van der Waals surface area contributed by atoms with Crippen molar-refractivity contribution in [3.63, 3.8) is 0 Å². The lowest BCUT2D eigenvalue weighted by atomic mass is 9.78. The van der Waals surface area contributed by atoms with Crippen LogP contribution < -0.4 is 10.1 Å². The zero-order chi connectivity index (χ0) is 20.3. The third-order valence-corrected chi connectivity index (χ3v) is 6.51. The van der Waals surface area contributed by atoms with Crippen LogP contribution in [0.25, 0.3) is 0 Å². The van der Waals surface area contributed by atoms with Gasteiger partial charge < -0.3 is 10.1 Å². The van der Waals surface area contributed by atoms with Gasteiger partial charge in [-0.15, -0.1) is 11.3 Å². The quantitative estimate of drug-likeness (QED) is 0.597. The molecule has 1 N–H and O–H groups in total. The fraction of sp³-hybridized carbons (Fsp3) is 0.304. The van der Waals surface area contributed by atoms with Gasteiger partial charge in [0.2, 0.25) is 5.91 Å². The number of hydrogen-bond acceptors (Lipinski definition) is 4. The predicted octanol–water partition coefficient (Wildman–Crippen LogP) is 5.33. The van der Waals surface area contributed by atoms with E-state index in [0.717, 1.165) is 47.4 Å². The smallest absolute Gasteiger partial charge is 0.236 e. The van der Waals surface area contributed by atoms with Crippen molar-refractivity contribution in [2.45, 2.75) is 37.5 Å². The number of nitrogens with zero attached hydrogens (tertiary/aromatic N) is 1. The molecule has 0 saturated heterocycles. The van der Waals surface area contributed by atoms with Crippen LogP contribution in [0.2, 0.25) is 0 Å². The van der Waals surface area contributed by atoms with Crippen LogP contribution in [0.1, 0.15) is 41.7 Å². The number of aromatic nitrogens is 1. The highest BCUT2D eigenvalue weighted by Crippen LogP contribution is 2.42. The molecule has 0 aliphatic heterocycles. The Morgan fingerprint density at radius 1 is 1.21 bits per heavy atom. The zero-order valence-corrected chi connectivity index (χ0v) is 17.1. The first kappa shape index (κ1) is 19.6. The van der Waals surface area contributed by atoms with Gasteiger partial charge in [-0.2, -0.15) is 0 Å². The summed E-state index contributed by atoms with van der Waals surface area (Å²) in [6.07, 6.45) is 5.84. The molecule has 3 aromatic rings. The number of para-hydroxylation sites is 1. The Labute approximate surface area is 173 Å². The summed E-state index contributed by atoms with van der Waals surface area (Å²) in [7, 11) is 1.66. The minimum atomic E-state index is -0.684. The Balaban J connectivity index is 1.52. The first-order chi connectivity index (χ1) is 14.1. The van der Waals surface area contributed by atoms with Gasteiger partial charge in [-0.25, -0.2) is 9.37 Å². The third-order valence-electron chi connectivity index (χ3n) is 5.60. The molecular weight excluding hydrogens is 387 g/mol. The van der Waals surface area contributed by atoms with E-state index in [-0.39, 0.29) is 11.7 Å². The fourth-order valence-corrected chi connectivity index (χ4v) is 4.94. The summed E-state index contributed by atoms with van der Waals surface area (Å²) in [4.78, 5) is 18.7. The Morgan fingerprint density at radius 3 is 2.76 bits per heavy atom. The van der Waals surface area contributed by atoms with E-state index in [1.165, 1.54) is 23.5 Å². The molecule has 1 amide bonds. The number of hydrogen-bond donors (Lipinski definition) is 1. The lowest BCUT2D eigenvalue weighted by Crippen LogP contribution is -2.38. The van der Waals surface area contributed by atoms with Crippen molar-refractivity contribution < 1.29 is 13.9 Å². The first-order valence-corrected chi connectivity index (χ1v) is 10.6. The van der Waals surface area contributed by atoms with Crippen molar-refractivity contribution >= 4 is 22.4 Å². The minimum absolute atomic E-state index is 0.0983. The van der Waals surface area contributed by atoms with Crippen molar-refractivity contribution in [3.8, 4) is 5.75 Å². The largest absolute Gasteiger partial charge is 0.496 e. The number of carbonyl (C=O) groups excluding carboxylic acids is 1. The van der Waals surface area contributed by atoms with Gasteiger partial charge in [0.15, 0.2) is 5.13 Å². The van der Waals surface area contributed by atoms with Gasteiger partial charge in [-0.1, -0.05) is 43.2 Å². The van der Waals surface area contributed by atoms with Gasteiger partial charge in [-0.3, -0.25) is 4.79 Å². The van der Waals surface area contributed by atoms with Crippen molar-refractivity contribution in [2.24, 2.45) is 0 Å². The zero-order valence-electron chi connectivity index (χ0n) is 16.3. The van der Waals surface area contributed by atoms with Crippen LogP contribution in [0.5, 0.6) is 5.75 Å². The Bertz CT molecular complexity index is 1010. The van der Waals surface area contributed by atoms with E-state index < -0.39 is 5.41 Å². The van der Waals surface area contributed by atoms with E-state index in [9.17, 15) is 9.18 Å². The van der Waals surface area contributed by atoms with E-state index >= 15 is 0 Å². The van der Waals surface area contributed by atoms with Crippen molar-refractivity contribution in [3.05, 3.63) is 76.5 Å². The number of halogens is 1. The van der Waals surface area contributed by atoms with E-state index in [0.29, 0.717) is 11.6 Å². The van der Waals surface area contributed by atoms with E-state index in [1.807, 2.05) is 30.3 Å². The van der Waals surface area contributed by atoms with E-state index in [1.54, 1.807) is 19.4 Å². The van der Waals surface area contributed by atoms with Gasteiger partial charge in [0.1, 0.15) is 11.6 Å². The maximum absolute atomic E-state index is 13.8. The first-order valence-electron chi connectivity index (χ1n) is 9.75. The lowest BCUT2D eigenvalue weighted by Gasteiger charge is -2.27. The topological polar surface area (TPSA) is 51.2 Å². The summed E-state index contributed by atoms with van der Waals surface area (Å²) in [6.45, 7) is 0. The highest BCUT2D eigenvalue weighted by molar-refractivity contribution is 7.15. The molecule has 0 unspecified atom stereocenters. The Morgan fingerprint density at radius 2 is 2.00 bits per heavy atom.